The minimum atomic E-state index is 0.281. The highest BCUT2D eigenvalue weighted by Gasteiger charge is 2.14. The van der Waals surface area contributed by atoms with Crippen molar-refractivity contribution in [2.75, 3.05) is 11.4 Å². The van der Waals surface area contributed by atoms with Crippen molar-refractivity contribution >= 4 is 23.0 Å². The molecule has 0 atom stereocenters. The smallest absolute Gasteiger partial charge is 0.147 e. The van der Waals surface area contributed by atoms with Crippen molar-refractivity contribution in [3.8, 4) is 0 Å². The Morgan fingerprint density at radius 1 is 1.29 bits per heavy atom. The van der Waals surface area contributed by atoms with E-state index in [1.807, 2.05) is 0 Å². The fraction of sp³-hybridized carbons (Fsp3) is 0.583. The number of anilines is 1. The summed E-state index contributed by atoms with van der Waals surface area (Å²) in [7, 11) is 0. The van der Waals surface area contributed by atoms with Gasteiger partial charge in [0.15, 0.2) is 0 Å². The second-order valence-electron chi connectivity index (χ2n) is 4.76. The highest BCUT2D eigenvalue weighted by Crippen LogP contribution is 2.14. The molecule has 0 aliphatic rings. The molecule has 4 nitrogen and oxygen atoms in total. The van der Waals surface area contributed by atoms with E-state index >= 15 is 0 Å². The van der Waals surface area contributed by atoms with Crippen LogP contribution in [0.15, 0.2) is 12.4 Å². The summed E-state index contributed by atoms with van der Waals surface area (Å²) in [6.45, 7) is 9.62. The van der Waals surface area contributed by atoms with E-state index in [2.05, 4.69) is 42.6 Å². The van der Waals surface area contributed by atoms with Crippen LogP contribution in [0.25, 0.3) is 0 Å². The van der Waals surface area contributed by atoms with Crippen molar-refractivity contribution in [2.45, 2.75) is 33.7 Å². The molecule has 0 radical (unpaired) electrons. The average molecular weight is 252 g/mol. The standard InChI is InChI=1S/C12H20N4S/c1-8(2)7-16(9(3)4)11-6-14-10(5-15-11)12(13)17/h5-6,8-9H,7H2,1-4H3,(H2,13,17). The average Bonchev–Trinajstić information content (AvgIpc) is 2.25. The molecule has 0 saturated carbocycles. The van der Waals surface area contributed by atoms with Gasteiger partial charge >= 0.3 is 0 Å². The molecule has 1 aromatic heterocycles. The largest absolute Gasteiger partial charge is 0.388 e. The van der Waals surface area contributed by atoms with Crippen LogP contribution in [0, 0.1) is 5.92 Å². The SMILES string of the molecule is CC(C)CN(c1cnc(C(N)=S)cn1)C(C)C. The number of nitrogens with two attached hydrogens (primary N) is 1. The molecule has 17 heavy (non-hydrogen) atoms. The number of hydrogen-bond acceptors (Lipinski definition) is 4. The van der Waals surface area contributed by atoms with Crippen molar-refractivity contribution in [1.82, 2.24) is 9.97 Å². The lowest BCUT2D eigenvalue weighted by Gasteiger charge is -2.29. The molecule has 0 amide bonds. The first-order valence-corrected chi connectivity index (χ1v) is 6.21. The van der Waals surface area contributed by atoms with Crippen LogP contribution in [0.1, 0.15) is 33.4 Å². The molecule has 0 saturated heterocycles. The highest BCUT2D eigenvalue weighted by atomic mass is 32.1. The number of rotatable bonds is 5. The fourth-order valence-electron chi connectivity index (χ4n) is 1.56. The molecule has 0 bridgehead atoms. The molecule has 5 heteroatoms. The lowest BCUT2D eigenvalue weighted by atomic mass is 10.2. The summed E-state index contributed by atoms with van der Waals surface area (Å²) in [5, 5.41) is 0. The molecule has 0 spiro atoms. The van der Waals surface area contributed by atoms with Gasteiger partial charge in [0.2, 0.25) is 0 Å². The molecule has 2 N–H and O–H groups in total. The van der Waals surface area contributed by atoms with E-state index in [9.17, 15) is 0 Å². The Labute approximate surface area is 108 Å². The van der Waals surface area contributed by atoms with Crippen LogP contribution in [-0.4, -0.2) is 27.5 Å². The van der Waals surface area contributed by atoms with Crippen molar-refractivity contribution in [3.05, 3.63) is 18.1 Å². The summed E-state index contributed by atoms with van der Waals surface area (Å²) in [6.07, 6.45) is 3.37. The second kappa shape index (κ2) is 5.91. The summed E-state index contributed by atoms with van der Waals surface area (Å²) in [5.74, 6) is 1.45. The van der Waals surface area contributed by atoms with Gasteiger partial charge in [-0.05, 0) is 19.8 Å². The molecule has 0 fully saturated rings. The maximum absolute atomic E-state index is 5.50. The van der Waals surface area contributed by atoms with Gasteiger partial charge in [-0.25, -0.2) is 9.97 Å². The number of nitrogens with zero attached hydrogens (tertiary/aromatic N) is 3. The van der Waals surface area contributed by atoms with Crippen molar-refractivity contribution < 1.29 is 0 Å². The lowest BCUT2D eigenvalue weighted by molar-refractivity contribution is 0.565. The zero-order valence-electron chi connectivity index (χ0n) is 10.8. The molecule has 1 aromatic rings. The van der Waals surface area contributed by atoms with Gasteiger partial charge in [0.25, 0.3) is 0 Å². The quantitative estimate of drug-likeness (QED) is 0.812. The normalized spacial score (nSPS) is 10.9. The summed E-state index contributed by atoms with van der Waals surface area (Å²) in [4.78, 5) is 11.1. The predicted molar refractivity (Wildman–Crippen MR) is 75.2 cm³/mol. The lowest BCUT2D eigenvalue weighted by Crippen LogP contribution is -2.35. The third-order valence-corrected chi connectivity index (χ3v) is 2.58. The monoisotopic (exact) mass is 252 g/mol. The second-order valence-corrected chi connectivity index (χ2v) is 5.20. The van der Waals surface area contributed by atoms with E-state index in [1.54, 1.807) is 12.4 Å². The molecular weight excluding hydrogens is 232 g/mol. The van der Waals surface area contributed by atoms with E-state index in [0.29, 0.717) is 17.7 Å². The van der Waals surface area contributed by atoms with Crippen LogP contribution in [0.4, 0.5) is 5.82 Å². The van der Waals surface area contributed by atoms with E-state index in [-0.39, 0.29) is 4.99 Å². The van der Waals surface area contributed by atoms with Gasteiger partial charge in [0, 0.05) is 12.6 Å². The van der Waals surface area contributed by atoms with Gasteiger partial charge < -0.3 is 10.6 Å². The summed E-state index contributed by atoms with van der Waals surface area (Å²) >= 11 is 4.85. The fourth-order valence-corrected chi connectivity index (χ4v) is 1.66. The van der Waals surface area contributed by atoms with Gasteiger partial charge in [-0.15, -0.1) is 0 Å². The summed E-state index contributed by atoms with van der Waals surface area (Å²) < 4.78 is 0. The molecule has 0 aliphatic carbocycles. The molecule has 94 valence electrons. The number of hydrogen-bond donors (Lipinski definition) is 1. The molecule has 0 unspecified atom stereocenters. The molecule has 1 rings (SSSR count). The number of aromatic nitrogens is 2. The molecule has 0 aliphatic heterocycles. The Hall–Kier alpha value is -1.23. The van der Waals surface area contributed by atoms with Gasteiger partial charge in [-0.2, -0.15) is 0 Å². The Bertz CT molecular complexity index is 373. The van der Waals surface area contributed by atoms with Gasteiger partial charge in [0.1, 0.15) is 16.5 Å². The Kier molecular flexibility index (Phi) is 4.81. The third-order valence-electron chi connectivity index (χ3n) is 2.37. The van der Waals surface area contributed by atoms with Crippen molar-refractivity contribution in [3.63, 3.8) is 0 Å². The zero-order chi connectivity index (χ0) is 13.0. The van der Waals surface area contributed by atoms with Crippen LogP contribution in [0.5, 0.6) is 0 Å². The first kappa shape index (κ1) is 13.8. The first-order valence-electron chi connectivity index (χ1n) is 5.80. The summed E-state index contributed by atoms with van der Waals surface area (Å²) in [5.41, 5.74) is 6.06. The van der Waals surface area contributed by atoms with E-state index in [1.165, 1.54) is 0 Å². The minimum Gasteiger partial charge on any atom is -0.388 e. The van der Waals surface area contributed by atoms with Crippen LogP contribution in [0.2, 0.25) is 0 Å². The third kappa shape index (κ3) is 3.93. The minimum absolute atomic E-state index is 0.281. The first-order chi connectivity index (χ1) is 7.91. The van der Waals surface area contributed by atoms with Crippen LogP contribution >= 0.6 is 12.2 Å². The van der Waals surface area contributed by atoms with E-state index < -0.39 is 0 Å². The predicted octanol–water partition coefficient (Wildman–Crippen LogP) is 1.98. The van der Waals surface area contributed by atoms with E-state index in [0.717, 1.165) is 12.4 Å². The van der Waals surface area contributed by atoms with Gasteiger partial charge in [0.05, 0.1) is 12.4 Å². The zero-order valence-corrected chi connectivity index (χ0v) is 11.7. The topological polar surface area (TPSA) is 55.0 Å². The van der Waals surface area contributed by atoms with Crippen LogP contribution < -0.4 is 10.6 Å². The van der Waals surface area contributed by atoms with Gasteiger partial charge in [-0.1, -0.05) is 26.1 Å². The maximum Gasteiger partial charge on any atom is 0.147 e. The van der Waals surface area contributed by atoms with E-state index in [4.69, 9.17) is 18.0 Å². The maximum atomic E-state index is 5.50. The Morgan fingerprint density at radius 3 is 2.29 bits per heavy atom. The Balaban J connectivity index is 2.91. The molecule has 1 heterocycles. The molecule has 0 aromatic carbocycles. The van der Waals surface area contributed by atoms with Crippen molar-refractivity contribution in [2.24, 2.45) is 11.7 Å². The highest BCUT2D eigenvalue weighted by molar-refractivity contribution is 7.80. The van der Waals surface area contributed by atoms with Crippen molar-refractivity contribution in [1.29, 1.82) is 0 Å². The van der Waals surface area contributed by atoms with Gasteiger partial charge in [-0.3, -0.25) is 0 Å². The summed E-state index contributed by atoms with van der Waals surface area (Å²) in [6, 6.07) is 0.391. The Morgan fingerprint density at radius 2 is 1.94 bits per heavy atom. The number of thiocarbonyl (C=S) groups is 1. The van der Waals surface area contributed by atoms with Crippen LogP contribution in [0.3, 0.4) is 0 Å². The van der Waals surface area contributed by atoms with Crippen LogP contribution in [-0.2, 0) is 0 Å². The molecular formula is C12H20N4S.